The highest BCUT2D eigenvalue weighted by Crippen LogP contribution is 2.29. The van der Waals surface area contributed by atoms with Gasteiger partial charge in [0.15, 0.2) is 5.82 Å². The number of amides is 1. The van der Waals surface area contributed by atoms with E-state index in [4.69, 9.17) is 21.6 Å². The summed E-state index contributed by atoms with van der Waals surface area (Å²) in [6.45, 7) is 4.17. The van der Waals surface area contributed by atoms with Crippen molar-refractivity contribution in [2.75, 3.05) is 31.1 Å². The van der Waals surface area contributed by atoms with Crippen LogP contribution >= 0.6 is 11.6 Å². The summed E-state index contributed by atoms with van der Waals surface area (Å²) in [5.41, 5.74) is 4.16. The monoisotopic (exact) mass is 500 g/mol. The molecular formula is C29H26ClFN4O. The van der Waals surface area contributed by atoms with Gasteiger partial charge in [0.2, 0.25) is 0 Å². The van der Waals surface area contributed by atoms with E-state index in [0.717, 1.165) is 22.6 Å². The number of hydrogen-bond acceptors (Lipinski definition) is 4. The topological polar surface area (TPSA) is 49.3 Å². The van der Waals surface area contributed by atoms with Gasteiger partial charge in [0.1, 0.15) is 11.6 Å². The van der Waals surface area contributed by atoms with Gasteiger partial charge in [-0.25, -0.2) is 14.4 Å². The summed E-state index contributed by atoms with van der Waals surface area (Å²) < 4.78 is 14.2. The van der Waals surface area contributed by atoms with Crippen molar-refractivity contribution in [3.63, 3.8) is 0 Å². The van der Waals surface area contributed by atoms with Crippen LogP contribution in [0.25, 0.3) is 11.4 Å². The van der Waals surface area contributed by atoms with Gasteiger partial charge in [-0.2, -0.15) is 0 Å². The Morgan fingerprint density at radius 3 is 2.25 bits per heavy atom. The fourth-order valence-electron chi connectivity index (χ4n) is 4.50. The molecule has 0 saturated carbocycles. The van der Waals surface area contributed by atoms with E-state index in [-0.39, 0.29) is 11.5 Å². The number of anilines is 1. The summed E-state index contributed by atoms with van der Waals surface area (Å²) in [5, 5.41) is 0.659. The minimum Gasteiger partial charge on any atom is -0.353 e. The summed E-state index contributed by atoms with van der Waals surface area (Å²) in [4.78, 5) is 26.7. The van der Waals surface area contributed by atoms with Crippen molar-refractivity contribution in [2.45, 2.75) is 13.3 Å². The number of carbonyl (C=O) groups is 1. The molecule has 3 aromatic carbocycles. The maximum absolute atomic E-state index is 14.2. The number of rotatable bonds is 5. The summed E-state index contributed by atoms with van der Waals surface area (Å²) in [6, 6.07) is 23.9. The summed E-state index contributed by atoms with van der Waals surface area (Å²) in [5.74, 6) is 0.738. The smallest absolute Gasteiger partial charge is 0.256 e. The van der Waals surface area contributed by atoms with E-state index < -0.39 is 5.82 Å². The van der Waals surface area contributed by atoms with Gasteiger partial charge in [0.25, 0.3) is 5.91 Å². The van der Waals surface area contributed by atoms with E-state index in [1.807, 2.05) is 49.4 Å². The van der Waals surface area contributed by atoms with E-state index in [0.29, 0.717) is 43.4 Å². The van der Waals surface area contributed by atoms with E-state index >= 15 is 0 Å². The standard InChI is InChI=1S/C29H26ClFN4O/c1-20-25(19-21-7-3-2-4-8-21)28(33-27(32-20)22-11-13-23(30)14-12-22)34-15-17-35(18-16-34)29(36)24-9-5-6-10-26(24)31/h2-14H,15-19H2,1H3. The Morgan fingerprint density at radius 2 is 1.56 bits per heavy atom. The van der Waals surface area contributed by atoms with Gasteiger partial charge in [0.05, 0.1) is 5.56 Å². The number of halogens is 2. The van der Waals surface area contributed by atoms with Crippen LogP contribution in [0, 0.1) is 12.7 Å². The highest BCUT2D eigenvalue weighted by Gasteiger charge is 2.27. The van der Waals surface area contributed by atoms with Gasteiger partial charge in [-0.15, -0.1) is 0 Å². The second-order valence-electron chi connectivity index (χ2n) is 8.86. The third-order valence-electron chi connectivity index (χ3n) is 6.49. The molecule has 1 aromatic heterocycles. The first-order valence-corrected chi connectivity index (χ1v) is 12.3. The highest BCUT2D eigenvalue weighted by atomic mass is 35.5. The van der Waals surface area contributed by atoms with Crippen LogP contribution in [0.5, 0.6) is 0 Å². The number of carbonyl (C=O) groups excluding carboxylic acids is 1. The molecule has 5 rings (SSSR count). The molecule has 2 heterocycles. The van der Waals surface area contributed by atoms with Crippen LogP contribution in [-0.4, -0.2) is 47.0 Å². The van der Waals surface area contributed by atoms with Crippen molar-refractivity contribution in [3.8, 4) is 11.4 Å². The molecule has 0 atom stereocenters. The number of aromatic nitrogens is 2. The molecule has 4 aromatic rings. The van der Waals surface area contributed by atoms with Crippen LogP contribution in [-0.2, 0) is 6.42 Å². The van der Waals surface area contributed by atoms with Crippen molar-refractivity contribution in [1.29, 1.82) is 0 Å². The van der Waals surface area contributed by atoms with E-state index in [1.165, 1.54) is 17.7 Å². The molecule has 0 spiro atoms. The number of aryl methyl sites for hydroxylation is 1. The third kappa shape index (κ3) is 5.09. The number of piperazine rings is 1. The Bertz CT molecular complexity index is 1370. The second-order valence-corrected chi connectivity index (χ2v) is 9.30. The number of benzene rings is 3. The molecule has 1 aliphatic rings. The molecule has 0 aliphatic carbocycles. The molecule has 182 valence electrons. The zero-order chi connectivity index (χ0) is 25.1. The Morgan fingerprint density at radius 1 is 0.889 bits per heavy atom. The Balaban J connectivity index is 1.45. The van der Waals surface area contributed by atoms with Gasteiger partial charge in [-0.3, -0.25) is 4.79 Å². The lowest BCUT2D eigenvalue weighted by atomic mass is 10.0. The molecule has 0 radical (unpaired) electrons. The molecule has 36 heavy (non-hydrogen) atoms. The molecule has 0 bridgehead atoms. The maximum atomic E-state index is 14.2. The zero-order valence-electron chi connectivity index (χ0n) is 20.0. The Hall–Kier alpha value is -3.77. The SMILES string of the molecule is Cc1nc(-c2ccc(Cl)cc2)nc(N2CCN(C(=O)c3ccccc3F)CC2)c1Cc1ccccc1. The molecule has 0 N–H and O–H groups in total. The fraction of sp³-hybridized carbons (Fsp3) is 0.207. The number of hydrogen-bond donors (Lipinski definition) is 0. The number of nitrogens with zero attached hydrogens (tertiary/aromatic N) is 4. The minimum atomic E-state index is -0.492. The van der Waals surface area contributed by atoms with Crippen LogP contribution in [0.1, 0.15) is 27.2 Å². The predicted molar refractivity (Wildman–Crippen MR) is 141 cm³/mol. The minimum absolute atomic E-state index is 0.110. The van der Waals surface area contributed by atoms with Crippen molar-refractivity contribution in [3.05, 3.63) is 112 Å². The fourth-order valence-corrected chi connectivity index (χ4v) is 4.63. The zero-order valence-corrected chi connectivity index (χ0v) is 20.8. The summed E-state index contributed by atoms with van der Waals surface area (Å²) in [6.07, 6.45) is 0.706. The third-order valence-corrected chi connectivity index (χ3v) is 6.74. The largest absolute Gasteiger partial charge is 0.353 e. The molecule has 7 heteroatoms. The molecular weight excluding hydrogens is 475 g/mol. The normalized spacial score (nSPS) is 13.6. The van der Waals surface area contributed by atoms with Gasteiger partial charge >= 0.3 is 0 Å². The first-order valence-electron chi connectivity index (χ1n) is 12.0. The van der Waals surface area contributed by atoms with Crippen molar-refractivity contribution >= 4 is 23.3 Å². The average molecular weight is 501 g/mol. The second kappa shape index (κ2) is 10.5. The molecule has 5 nitrogen and oxygen atoms in total. The van der Waals surface area contributed by atoms with Crippen LogP contribution in [0.4, 0.5) is 10.2 Å². The van der Waals surface area contributed by atoms with Gasteiger partial charge < -0.3 is 9.80 Å². The first kappa shape index (κ1) is 23.9. The molecule has 0 unspecified atom stereocenters. The van der Waals surface area contributed by atoms with Crippen LogP contribution in [0.15, 0.2) is 78.9 Å². The van der Waals surface area contributed by atoms with Crippen LogP contribution < -0.4 is 4.90 Å². The Labute approximate surface area is 215 Å². The van der Waals surface area contributed by atoms with E-state index in [2.05, 4.69) is 17.0 Å². The first-order chi connectivity index (χ1) is 17.5. The van der Waals surface area contributed by atoms with Gasteiger partial charge in [-0.05, 0) is 48.9 Å². The van der Waals surface area contributed by atoms with Crippen LogP contribution in [0.3, 0.4) is 0 Å². The van der Waals surface area contributed by atoms with E-state index in [9.17, 15) is 9.18 Å². The molecule has 1 aliphatic heterocycles. The van der Waals surface area contributed by atoms with Crippen molar-refractivity contribution in [2.24, 2.45) is 0 Å². The summed E-state index contributed by atoms with van der Waals surface area (Å²) in [7, 11) is 0. The molecule has 1 amide bonds. The van der Waals surface area contributed by atoms with Crippen LogP contribution in [0.2, 0.25) is 5.02 Å². The lowest BCUT2D eigenvalue weighted by Crippen LogP contribution is -2.49. The average Bonchev–Trinajstić information content (AvgIpc) is 2.91. The van der Waals surface area contributed by atoms with E-state index in [1.54, 1.807) is 17.0 Å². The van der Waals surface area contributed by atoms with Gasteiger partial charge in [-0.1, -0.05) is 54.1 Å². The lowest BCUT2D eigenvalue weighted by Gasteiger charge is -2.36. The highest BCUT2D eigenvalue weighted by molar-refractivity contribution is 6.30. The van der Waals surface area contributed by atoms with Crippen molar-refractivity contribution < 1.29 is 9.18 Å². The summed E-state index contributed by atoms with van der Waals surface area (Å²) >= 11 is 6.09. The molecule has 1 saturated heterocycles. The van der Waals surface area contributed by atoms with Gasteiger partial charge in [0, 0.05) is 54.4 Å². The Kier molecular flexibility index (Phi) is 6.96. The quantitative estimate of drug-likeness (QED) is 0.347. The molecule has 1 fully saturated rings. The van der Waals surface area contributed by atoms with Crippen molar-refractivity contribution in [1.82, 2.24) is 14.9 Å². The maximum Gasteiger partial charge on any atom is 0.256 e. The predicted octanol–water partition coefficient (Wildman–Crippen LogP) is 5.80. The lowest BCUT2D eigenvalue weighted by molar-refractivity contribution is 0.0741.